The van der Waals surface area contributed by atoms with Gasteiger partial charge in [-0.1, -0.05) is 18.2 Å². The Kier molecular flexibility index (Phi) is 7.90. The number of methoxy groups -OCH3 is 1. The van der Waals surface area contributed by atoms with Gasteiger partial charge in [0.2, 0.25) is 0 Å². The smallest absolute Gasteiger partial charge is 0.407 e. The molecule has 0 bridgehead atoms. The first-order valence-corrected chi connectivity index (χ1v) is 12.2. The van der Waals surface area contributed by atoms with Gasteiger partial charge in [0.05, 0.1) is 19.8 Å². The van der Waals surface area contributed by atoms with E-state index in [2.05, 4.69) is 5.32 Å². The summed E-state index contributed by atoms with van der Waals surface area (Å²) in [5, 5.41) is 13.0. The van der Waals surface area contributed by atoms with Gasteiger partial charge in [-0.2, -0.15) is 0 Å². The molecule has 1 aromatic heterocycles. The maximum Gasteiger partial charge on any atom is 0.407 e. The Balaban J connectivity index is 1.57. The molecule has 0 unspecified atom stereocenters. The van der Waals surface area contributed by atoms with Gasteiger partial charge in [-0.25, -0.2) is 4.79 Å². The lowest BCUT2D eigenvalue weighted by atomic mass is 9.99. The minimum absolute atomic E-state index is 0.178. The molecule has 198 valence electrons. The summed E-state index contributed by atoms with van der Waals surface area (Å²) in [5.41, 5.74) is 4.31. The molecule has 4 rings (SSSR count). The Morgan fingerprint density at radius 1 is 1.00 bits per heavy atom. The number of carboxylic acid groups (broad SMARTS) is 1. The highest BCUT2D eigenvalue weighted by Gasteiger charge is 2.16. The molecule has 1 heterocycles. The zero-order valence-corrected chi connectivity index (χ0v) is 21.9. The average molecular weight is 518 g/mol. The molecule has 0 aliphatic rings. The molecular formula is C30H31NO7. The molecule has 1 amide bonds. The Bertz CT molecular complexity index is 1450. The number of carbonyl (C=O) groups excluding carboxylic acids is 1. The van der Waals surface area contributed by atoms with Gasteiger partial charge in [0.1, 0.15) is 29.3 Å². The largest absolute Gasteiger partial charge is 0.497 e. The van der Waals surface area contributed by atoms with E-state index in [1.54, 1.807) is 24.5 Å². The molecule has 0 fully saturated rings. The number of carboxylic acids is 1. The summed E-state index contributed by atoms with van der Waals surface area (Å²) >= 11 is 0. The fourth-order valence-corrected chi connectivity index (χ4v) is 4.06. The van der Waals surface area contributed by atoms with Crippen molar-refractivity contribution in [3.63, 3.8) is 0 Å². The molecule has 0 aliphatic carbocycles. The fraction of sp³-hybridized carbons (Fsp3) is 0.267. The predicted octanol–water partition coefficient (Wildman–Crippen LogP) is 6.34. The zero-order valence-electron chi connectivity index (χ0n) is 21.9. The SMILES string of the molecule is COc1ccc(OCc2cc(-c3cccc(CNC(=O)OC(C)(C)C)c3)c3occc3c2)c(CC(=O)O)c1. The number of hydrogen-bond donors (Lipinski definition) is 2. The van der Waals surface area contributed by atoms with E-state index >= 15 is 0 Å². The van der Waals surface area contributed by atoms with Gasteiger partial charge in [-0.3, -0.25) is 4.79 Å². The van der Waals surface area contributed by atoms with Crippen LogP contribution < -0.4 is 14.8 Å². The quantitative estimate of drug-likeness (QED) is 0.267. The molecule has 0 spiro atoms. The number of alkyl carbamates (subject to hydrolysis) is 1. The van der Waals surface area contributed by atoms with Gasteiger partial charge >= 0.3 is 12.1 Å². The van der Waals surface area contributed by atoms with Crippen LogP contribution in [-0.2, 0) is 29.1 Å². The second-order valence-corrected chi connectivity index (χ2v) is 9.87. The van der Waals surface area contributed by atoms with Crippen LogP contribution in [0.1, 0.15) is 37.5 Å². The number of ether oxygens (including phenoxy) is 3. The molecule has 38 heavy (non-hydrogen) atoms. The van der Waals surface area contributed by atoms with Crippen molar-refractivity contribution in [3.8, 4) is 22.6 Å². The molecule has 2 N–H and O–H groups in total. The van der Waals surface area contributed by atoms with E-state index in [1.165, 1.54) is 7.11 Å². The molecular weight excluding hydrogens is 486 g/mol. The van der Waals surface area contributed by atoms with E-state index in [0.717, 1.165) is 33.2 Å². The van der Waals surface area contributed by atoms with E-state index in [0.29, 0.717) is 23.6 Å². The van der Waals surface area contributed by atoms with Crippen LogP contribution >= 0.6 is 0 Å². The van der Waals surface area contributed by atoms with Gasteiger partial charge in [-0.05, 0) is 79.9 Å². The van der Waals surface area contributed by atoms with Crippen molar-refractivity contribution in [1.29, 1.82) is 0 Å². The lowest BCUT2D eigenvalue weighted by Gasteiger charge is -2.19. The van der Waals surface area contributed by atoms with Crippen molar-refractivity contribution >= 4 is 23.0 Å². The number of amides is 1. The second kappa shape index (κ2) is 11.3. The number of benzene rings is 3. The number of carbonyl (C=O) groups is 2. The minimum atomic E-state index is -0.953. The molecule has 0 atom stereocenters. The summed E-state index contributed by atoms with van der Waals surface area (Å²) in [6.45, 7) is 6.00. The van der Waals surface area contributed by atoms with Crippen LogP contribution in [0.2, 0.25) is 0 Å². The highest BCUT2D eigenvalue weighted by Crippen LogP contribution is 2.33. The van der Waals surface area contributed by atoms with Crippen molar-refractivity contribution in [2.24, 2.45) is 0 Å². The topological polar surface area (TPSA) is 107 Å². The predicted molar refractivity (Wildman–Crippen MR) is 143 cm³/mol. The van der Waals surface area contributed by atoms with Crippen molar-refractivity contribution in [3.05, 3.63) is 83.6 Å². The van der Waals surface area contributed by atoms with Crippen molar-refractivity contribution in [2.75, 3.05) is 7.11 Å². The summed E-state index contributed by atoms with van der Waals surface area (Å²) in [5.74, 6) is 0.0974. The van der Waals surface area contributed by atoms with Crippen molar-refractivity contribution < 1.29 is 33.3 Å². The van der Waals surface area contributed by atoms with Crippen LogP contribution in [0.25, 0.3) is 22.1 Å². The third-order valence-corrected chi connectivity index (χ3v) is 5.69. The molecule has 0 radical (unpaired) electrons. The molecule has 3 aromatic carbocycles. The summed E-state index contributed by atoms with van der Waals surface area (Å²) in [6, 6.07) is 18.8. The van der Waals surface area contributed by atoms with Crippen molar-refractivity contribution in [1.82, 2.24) is 5.32 Å². The molecule has 0 saturated heterocycles. The summed E-state index contributed by atoms with van der Waals surface area (Å²) in [6.07, 6.45) is 0.986. The van der Waals surface area contributed by atoms with E-state index in [4.69, 9.17) is 18.6 Å². The number of nitrogens with one attached hydrogen (secondary N) is 1. The summed E-state index contributed by atoms with van der Waals surface area (Å²) < 4.78 is 22.4. The van der Waals surface area contributed by atoms with E-state index in [9.17, 15) is 14.7 Å². The average Bonchev–Trinajstić information content (AvgIpc) is 3.34. The third-order valence-electron chi connectivity index (χ3n) is 5.69. The molecule has 8 nitrogen and oxygen atoms in total. The fourth-order valence-electron chi connectivity index (χ4n) is 4.06. The van der Waals surface area contributed by atoms with Crippen LogP contribution in [0, 0.1) is 0 Å². The minimum Gasteiger partial charge on any atom is -0.497 e. The lowest BCUT2D eigenvalue weighted by molar-refractivity contribution is -0.136. The Labute approximate surface area is 221 Å². The molecule has 4 aromatic rings. The van der Waals surface area contributed by atoms with E-state index < -0.39 is 17.7 Å². The standard InChI is InChI=1S/C30H31NO7/c1-30(2,3)38-29(34)31-17-19-6-5-7-21(12-19)25-14-20(13-22-10-11-36-28(22)25)18-37-26-9-8-24(35-4)15-23(26)16-27(32)33/h5-15H,16-18H2,1-4H3,(H,31,34)(H,32,33). The van der Waals surface area contributed by atoms with Gasteiger partial charge in [0, 0.05) is 23.1 Å². The maximum atomic E-state index is 12.1. The lowest BCUT2D eigenvalue weighted by Crippen LogP contribution is -2.32. The molecule has 0 aliphatic heterocycles. The van der Waals surface area contributed by atoms with Crippen LogP contribution in [-0.4, -0.2) is 29.9 Å². The first kappa shape index (κ1) is 26.6. The van der Waals surface area contributed by atoms with Gasteiger partial charge in [-0.15, -0.1) is 0 Å². The van der Waals surface area contributed by atoms with Crippen LogP contribution in [0.4, 0.5) is 4.79 Å². The first-order chi connectivity index (χ1) is 18.1. The highest BCUT2D eigenvalue weighted by atomic mass is 16.6. The number of fused-ring (bicyclic) bond motifs is 1. The molecule has 8 heteroatoms. The number of hydrogen-bond acceptors (Lipinski definition) is 6. The van der Waals surface area contributed by atoms with E-state index in [1.807, 2.05) is 63.2 Å². The highest BCUT2D eigenvalue weighted by molar-refractivity contribution is 5.93. The monoisotopic (exact) mass is 517 g/mol. The van der Waals surface area contributed by atoms with Gasteiger partial charge in [0.25, 0.3) is 0 Å². The number of furan rings is 1. The zero-order chi connectivity index (χ0) is 27.3. The van der Waals surface area contributed by atoms with Crippen LogP contribution in [0.3, 0.4) is 0 Å². The van der Waals surface area contributed by atoms with Crippen LogP contribution in [0.5, 0.6) is 11.5 Å². The summed E-state index contributed by atoms with van der Waals surface area (Å²) in [7, 11) is 1.53. The molecule has 0 saturated carbocycles. The van der Waals surface area contributed by atoms with Gasteiger partial charge in [0.15, 0.2) is 0 Å². The third kappa shape index (κ3) is 6.85. The first-order valence-electron chi connectivity index (χ1n) is 12.2. The van der Waals surface area contributed by atoms with Crippen LogP contribution in [0.15, 0.2) is 71.3 Å². The van der Waals surface area contributed by atoms with E-state index in [-0.39, 0.29) is 13.0 Å². The normalized spacial score (nSPS) is 11.3. The Morgan fingerprint density at radius 3 is 2.55 bits per heavy atom. The Morgan fingerprint density at radius 2 is 1.82 bits per heavy atom. The number of rotatable bonds is 9. The summed E-state index contributed by atoms with van der Waals surface area (Å²) in [4.78, 5) is 23.4. The van der Waals surface area contributed by atoms with Crippen molar-refractivity contribution in [2.45, 2.75) is 45.9 Å². The Hall–Kier alpha value is -4.46. The second-order valence-electron chi connectivity index (χ2n) is 9.87. The maximum absolute atomic E-state index is 12.1. The number of aliphatic carboxylic acids is 1. The van der Waals surface area contributed by atoms with Gasteiger partial charge < -0.3 is 29.1 Å².